The third kappa shape index (κ3) is 4.73. The van der Waals surface area contributed by atoms with Crippen LogP contribution in [0.4, 0.5) is 4.79 Å². The van der Waals surface area contributed by atoms with Gasteiger partial charge in [-0.1, -0.05) is 0 Å². The van der Waals surface area contributed by atoms with Crippen molar-refractivity contribution < 1.29 is 9.53 Å². The highest BCUT2D eigenvalue weighted by Gasteiger charge is 2.32. The molecule has 2 fully saturated rings. The molecule has 2 aliphatic heterocycles. The van der Waals surface area contributed by atoms with E-state index in [1.165, 1.54) is 0 Å². The fourth-order valence-electron chi connectivity index (χ4n) is 3.47. The zero-order valence-electron chi connectivity index (χ0n) is 14.0. The Morgan fingerprint density at radius 3 is 1.77 bits per heavy atom. The van der Waals surface area contributed by atoms with Crippen LogP contribution in [0.5, 0.6) is 0 Å². The minimum atomic E-state index is -0.415. The van der Waals surface area contributed by atoms with Crippen molar-refractivity contribution in [1.82, 2.24) is 9.80 Å². The molecule has 0 saturated carbocycles. The molecule has 126 valence electrons. The van der Waals surface area contributed by atoms with Crippen LogP contribution in [0, 0.1) is 11.8 Å². The fourth-order valence-corrected chi connectivity index (χ4v) is 3.65. The van der Waals surface area contributed by atoms with Gasteiger partial charge in [-0.25, -0.2) is 4.79 Å². The van der Waals surface area contributed by atoms with Crippen molar-refractivity contribution in [3.8, 4) is 0 Å². The Hall–Kier alpha value is -1.04. The van der Waals surface area contributed by atoms with Gasteiger partial charge in [-0.2, -0.15) is 0 Å². The molecule has 0 aromatic carbocycles. The Kier molecular flexibility index (Phi) is 5.53. The molecule has 0 spiro atoms. The lowest BCUT2D eigenvalue weighted by atomic mass is 9.79. The van der Waals surface area contributed by atoms with E-state index in [2.05, 4.69) is 4.90 Å². The van der Waals surface area contributed by atoms with Gasteiger partial charge >= 0.3 is 6.09 Å². The Morgan fingerprint density at radius 1 is 1.00 bits per heavy atom. The Labute approximate surface area is 139 Å². The standard InChI is InChI=1S/C16H29N3O2S/c1-16(2,3)21-15(20)19-10-6-13(7-11-19)12-4-8-18(9-5-12)14(17)22/h12-13H,4-11H2,1-3H3,(H2,17,22). The van der Waals surface area contributed by atoms with Crippen LogP contribution in [-0.2, 0) is 4.74 Å². The molecule has 0 atom stereocenters. The van der Waals surface area contributed by atoms with Crippen LogP contribution in [0.1, 0.15) is 46.5 Å². The van der Waals surface area contributed by atoms with Gasteiger partial charge in [0, 0.05) is 26.2 Å². The van der Waals surface area contributed by atoms with Gasteiger partial charge in [0.05, 0.1) is 0 Å². The fraction of sp³-hybridized carbons (Fsp3) is 0.875. The van der Waals surface area contributed by atoms with Crippen molar-refractivity contribution in [2.75, 3.05) is 26.2 Å². The summed E-state index contributed by atoms with van der Waals surface area (Å²) in [6.07, 6.45) is 4.31. The van der Waals surface area contributed by atoms with Crippen molar-refractivity contribution in [1.29, 1.82) is 0 Å². The van der Waals surface area contributed by atoms with Gasteiger partial charge in [-0.05, 0) is 70.5 Å². The number of nitrogens with zero attached hydrogens (tertiary/aromatic N) is 2. The SMILES string of the molecule is CC(C)(C)OC(=O)N1CCC(C2CCN(C(N)=S)CC2)CC1. The Balaban J connectivity index is 1.76. The molecule has 2 aliphatic rings. The lowest BCUT2D eigenvalue weighted by Gasteiger charge is -2.40. The van der Waals surface area contributed by atoms with E-state index in [-0.39, 0.29) is 6.09 Å². The average Bonchev–Trinajstić information content (AvgIpc) is 2.46. The van der Waals surface area contributed by atoms with E-state index < -0.39 is 5.60 Å². The van der Waals surface area contributed by atoms with E-state index >= 15 is 0 Å². The lowest BCUT2D eigenvalue weighted by Crippen LogP contribution is -2.46. The number of carbonyl (C=O) groups excluding carboxylic acids is 1. The van der Waals surface area contributed by atoms with Gasteiger partial charge in [0.15, 0.2) is 5.11 Å². The maximum Gasteiger partial charge on any atom is 0.410 e. The van der Waals surface area contributed by atoms with E-state index in [0.29, 0.717) is 11.0 Å². The van der Waals surface area contributed by atoms with Crippen LogP contribution < -0.4 is 5.73 Å². The van der Waals surface area contributed by atoms with Gasteiger partial charge in [-0.15, -0.1) is 0 Å². The second-order valence-corrected chi connectivity index (χ2v) is 7.89. The van der Waals surface area contributed by atoms with Gasteiger partial charge < -0.3 is 20.3 Å². The Morgan fingerprint density at radius 2 is 1.41 bits per heavy atom. The van der Waals surface area contributed by atoms with Crippen LogP contribution in [0.25, 0.3) is 0 Å². The van der Waals surface area contributed by atoms with Crippen LogP contribution in [0.3, 0.4) is 0 Å². The zero-order chi connectivity index (χ0) is 16.3. The molecular formula is C16H29N3O2S. The quantitative estimate of drug-likeness (QED) is 0.750. The molecule has 22 heavy (non-hydrogen) atoms. The number of carbonyl (C=O) groups is 1. The highest BCUT2D eigenvalue weighted by atomic mass is 32.1. The number of ether oxygens (including phenoxy) is 1. The molecule has 2 N–H and O–H groups in total. The number of hydrogen-bond donors (Lipinski definition) is 1. The van der Waals surface area contributed by atoms with E-state index in [1.54, 1.807) is 0 Å². The number of likely N-dealkylation sites (tertiary alicyclic amines) is 2. The first-order valence-electron chi connectivity index (χ1n) is 8.28. The van der Waals surface area contributed by atoms with Crippen LogP contribution in [0.2, 0.25) is 0 Å². The largest absolute Gasteiger partial charge is 0.444 e. The zero-order valence-corrected chi connectivity index (χ0v) is 14.8. The first-order valence-corrected chi connectivity index (χ1v) is 8.69. The van der Waals surface area contributed by atoms with Crippen molar-refractivity contribution >= 4 is 23.4 Å². The summed E-state index contributed by atoms with van der Waals surface area (Å²) in [5, 5.41) is 0.526. The number of piperidine rings is 2. The number of amides is 1. The molecule has 0 aromatic heterocycles. The van der Waals surface area contributed by atoms with E-state index in [4.69, 9.17) is 22.7 Å². The second-order valence-electron chi connectivity index (χ2n) is 7.47. The maximum absolute atomic E-state index is 12.1. The molecule has 0 bridgehead atoms. The highest BCUT2D eigenvalue weighted by molar-refractivity contribution is 7.80. The molecule has 2 saturated heterocycles. The summed E-state index contributed by atoms with van der Waals surface area (Å²) in [4.78, 5) is 16.0. The van der Waals surface area contributed by atoms with E-state index in [1.807, 2.05) is 25.7 Å². The maximum atomic E-state index is 12.1. The van der Waals surface area contributed by atoms with Gasteiger partial charge in [0.25, 0.3) is 0 Å². The molecule has 0 aliphatic carbocycles. The van der Waals surface area contributed by atoms with E-state index in [0.717, 1.165) is 57.8 Å². The van der Waals surface area contributed by atoms with Crippen molar-refractivity contribution in [2.45, 2.75) is 52.1 Å². The van der Waals surface area contributed by atoms with Crippen LogP contribution in [0.15, 0.2) is 0 Å². The molecule has 1 amide bonds. The third-order valence-electron chi connectivity index (χ3n) is 4.71. The minimum Gasteiger partial charge on any atom is -0.444 e. The average molecular weight is 327 g/mol. The normalized spacial score (nSPS) is 21.8. The van der Waals surface area contributed by atoms with Crippen LogP contribution >= 0.6 is 12.2 Å². The summed E-state index contributed by atoms with van der Waals surface area (Å²) in [5.74, 6) is 1.46. The smallest absolute Gasteiger partial charge is 0.410 e. The number of rotatable bonds is 1. The molecule has 6 heteroatoms. The van der Waals surface area contributed by atoms with Gasteiger partial charge in [-0.3, -0.25) is 0 Å². The summed E-state index contributed by atoms with van der Waals surface area (Å²) in [6.45, 7) is 9.32. The lowest BCUT2D eigenvalue weighted by molar-refractivity contribution is 0.0143. The third-order valence-corrected chi connectivity index (χ3v) is 4.97. The molecule has 2 rings (SSSR count). The molecule has 5 nitrogen and oxygen atoms in total. The Bertz CT molecular complexity index is 406. The molecule has 0 unspecified atom stereocenters. The monoisotopic (exact) mass is 327 g/mol. The first kappa shape index (κ1) is 17.3. The number of thiocarbonyl (C=S) groups is 1. The second kappa shape index (κ2) is 7.02. The predicted molar refractivity (Wildman–Crippen MR) is 91.6 cm³/mol. The molecular weight excluding hydrogens is 298 g/mol. The van der Waals surface area contributed by atoms with Crippen molar-refractivity contribution in [3.05, 3.63) is 0 Å². The highest BCUT2D eigenvalue weighted by Crippen LogP contribution is 2.32. The minimum absolute atomic E-state index is 0.172. The van der Waals surface area contributed by atoms with Gasteiger partial charge in [0.2, 0.25) is 0 Å². The molecule has 0 aromatic rings. The summed E-state index contributed by atoms with van der Waals surface area (Å²) >= 11 is 5.04. The number of nitrogens with two attached hydrogens (primary N) is 1. The first-order chi connectivity index (χ1) is 10.3. The summed E-state index contributed by atoms with van der Waals surface area (Å²) in [5.41, 5.74) is 5.28. The summed E-state index contributed by atoms with van der Waals surface area (Å²) in [6, 6.07) is 0. The predicted octanol–water partition coefficient (Wildman–Crippen LogP) is 2.59. The van der Waals surface area contributed by atoms with Gasteiger partial charge in [0.1, 0.15) is 5.60 Å². The van der Waals surface area contributed by atoms with E-state index in [9.17, 15) is 4.79 Å². The van der Waals surface area contributed by atoms with Crippen LogP contribution in [-0.4, -0.2) is 52.8 Å². The molecule has 0 radical (unpaired) electrons. The topological polar surface area (TPSA) is 58.8 Å². The van der Waals surface area contributed by atoms with Crippen molar-refractivity contribution in [2.24, 2.45) is 17.6 Å². The molecule has 2 heterocycles. The number of hydrogen-bond acceptors (Lipinski definition) is 3. The van der Waals surface area contributed by atoms with Crippen molar-refractivity contribution in [3.63, 3.8) is 0 Å². The summed E-state index contributed by atoms with van der Waals surface area (Å²) < 4.78 is 5.45. The summed E-state index contributed by atoms with van der Waals surface area (Å²) in [7, 11) is 0.